The highest BCUT2D eigenvalue weighted by atomic mass is 15.6. The van der Waals surface area contributed by atoms with Crippen LogP contribution in [0.4, 0.5) is 0 Å². The van der Waals surface area contributed by atoms with Gasteiger partial charge in [0.05, 0.1) is 0 Å². The standard InChI is InChI=1S/C10H23N3/c1-9(2)11-10-6-5-7-13(8-10)12(3)4/h9-11H,5-8H2,1-4H3. The lowest BCUT2D eigenvalue weighted by atomic mass is 10.1. The van der Waals surface area contributed by atoms with Crippen LogP contribution in [0.5, 0.6) is 0 Å². The summed E-state index contributed by atoms with van der Waals surface area (Å²) in [6, 6.07) is 1.28. The lowest BCUT2D eigenvalue weighted by Crippen LogP contribution is -2.51. The van der Waals surface area contributed by atoms with E-state index in [0.29, 0.717) is 12.1 Å². The van der Waals surface area contributed by atoms with E-state index in [0.717, 1.165) is 6.54 Å². The summed E-state index contributed by atoms with van der Waals surface area (Å²) in [7, 11) is 4.25. The second-order valence-corrected chi connectivity index (χ2v) is 4.42. The zero-order valence-corrected chi connectivity index (χ0v) is 9.38. The molecule has 3 nitrogen and oxygen atoms in total. The minimum absolute atomic E-state index is 0.604. The molecule has 1 saturated heterocycles. The molecule has 0 aromatic carbocycles. The zero-order chi connectivity index (χ0) is 9.84. The molecular weight excluding hydrogens is 162 g/mol. The predicted molar refractivity (Wildman–Crippen MR) is 56.6 cm³/mol. The van der Waals surface area contributed by atoms with Crippen molar-refractivity contribution in [2.75, 3.05) is 27.2 Å². The maximum atomic E-state index is 3.60. The Kier molecular flexibility index (Phi) is 4.16. The van der Waals surface area contributed by atoms with E-state index in [9.17, 15) is 0 Å². The number of hydrogen-bond donors (Lipinski definition) is 1. The second-order valence-electron chi connectivity index (χ2n) is 4.42. The first-order valence-electron chi connectivity index (χ1n) is 5.28. The van der Waals surface area contributed by atoms with Crippen LogP contribution in [0.3, 0.4) is 0 Å². The average Bonchev–Trinajstić information content (AvgIpc) is 2.03. The average molecular weight is 185 g/mol. The first-order chi connectivity index (χ1) is 6.09. The topological polar surface area (TPSA) is 18.5 Å². The molecule has 1 aliphatic rings. The molecule has 1 heterocycles. The van der Waals surface area contributed by atoms with Gasteiger partial charge in [-0.15, -0.1) is 0 Å². The molecule has 0 bridgehead atoms. The van der Waals surface area contributed by atoms with Crippen LogP contribution in [0, 0.1) is 0 Å². The molecule has 3 heteroatoms. The van der Waals surface area contributed by atoms with E-state index in [2.05, 4.69) is 43.3 Å². The fraction of sp³-hybridized carbons (Fsp3) is 1.00. The lowest BCUT2D eigenvalue weighted by molar-refractivity contribution is -0.00562. The largest absolute Gasteiger partial charge is 0.310 e. The van der Waals surface area contributed by atoms with Crippen molar-refractivity contribution in [3.8, 4) is 0 Å². The highest BCUT2D eigenvalue weighted by Gasteiger charge is 2.20. The molecule has 0 saturated carbocycles. The number of nitrogens with one attached hydrogen (secondary N) is 1. The number of rotatable bonds is 3. The Morgan fingerprint density at radius 2 is 2.08 bits per heavy atom. The van der Waals surface area contributed by atoms with Crippen molar-refractivity contribution < 1.29 is 0 Å². The molecule has 1 N–H and O–H groups in total. The Hall–Kier alpha value is -0.120. The summed E-state index contributed by atoms with van der Waals surface area (Å²) < 4.78 is 0. The number of hydrazine groups is 1. The summed E-state index contributed by atoms with van der Waals surface area (Å²) in [4.78, 5) is 0. The normalized spacial score (nSPS) is 25.8. The van der Waals surface area contributed by atoms with Crippen LogP contribution in [-0.4, -0.2) is 49.3 Å². The Balaban J connectivity index is 2.33. The molecule has 1 fully saturated rings. The van der Waals surface area contributed by atoms with Crippen LogP contribution >= 0.6 is 0 Å². The Morgan fingerprint density at radius 1 is 1.38 bits per heavy atom. The Bertz CT molecular complexity index is 145. The highest BCUT2D eigenvalue weighted by molar-refractivity contribution is 4.77. The monoisotopic (exact) mass is 185 g/mol. The van der Waals surface area contributed by atoms with E-state index in [1.54, 1.807) is 0 Å². The number of nitrogens with zero attached hydrogens (tertiary/aromatic N) is 2. The van der Waals surface area contributed by atoms with Gasteiger partial charge in [-0.3, -0.25) is 0 Å². The maximum Gasteiger partial charge on any atom is 0.0287 e. The van der Waals surface area contributed by atoms with Crippen molar-refractivity contribution in [3.63, 3.8) is 0 Å². The SMILES string of the molecule is CC(C)NC1CCCN(N(C)C)C1. The van der Waals surface area contributed by atoms with E-state index in [1.165, 1.54) is 19.4 Å². The van der Waals surface area contributed by atoms with E-state index in [1.807, 2.05) is 0 Å². The first-order valence-corrected chi connectivity index (χ1v) is 5.28. The van der Waals surface area contributed by atoms with Gasteiger partial charge in [-0.2, -0.15) is 0 Å². The van der Waals surface area contributed by atoms with Crippen LogP contribution in [0.2, 0.25) is 0 Å². The van der Waals surface area contributed by atoms with Crippen molar-refractivity contribution >= 4 is 0 Å². The molecule has 1 unspecified atom stereocenters. The molecule has 0 amide bonds. The van der Waals surface area contributed by atoms with Crippen LogP contribution in [0.1, 0.15) is 26.7 Å². The third kappa shape index (κ3) is 3.63. The van der Waals surface area contributed by atoms with Gasteiger partial charge in [0.25, 0.3) is 0 Å². The van der Waals surface area contributed by atoms with Gasteiger partial charge in [0, 0.05) is 39.3 Å². The number of piperidine rings is 1. The Morgan fingerprint density at radius 3 is 2.62 bits per heavy atom. The Labute approximate surface area is 82.1 Å². The summed E-state index contributed by atoms with van der Waals surface area (Å²) in [5, 5.41) is 8.21. The molecule has 0 aromatic rings. The molecule has 13 heavy (non-hydrogen) atoms. The fourth-order valence-electron chi connectivity index (χ4n) is 1.93. The van der Waals surface area contributed by atoms with E-state index in [-0.39, 0.29) is 0 Å². The van der Waals surface area contributed by atoms with Gasteiger partial charge in [0.2, 0.25) is 0 Å². The van der Waals surface area contributed by atoms with Crippen LogP contribution < -0.4 is 5.32 Å². The summed E-state index contributed by atoms with van der Waals surface area (Å²) in [5.74, 6) is 0. The maximum absolute atomic E-state index is 3.60. The quantitative estimate of drug-likeness (QED) is 0.705. The molecule has 1 rings (SSSR count). The van der Waals surface area contributed by atoms with Crippen LogP contribution in [0.15, 0.2) is 0 Å². The molecule has 0 radical (unpaired) electrons. The van der Waals surface area contributed by atoms with Crippen LogP contribution in [-0.2, 0) is 0 Å². The van der Waals surface area contributed by atoms with E-state index >= 15 is 0 Å². The van der Waals surface area contributed by atoms with Gasteiger partial charge >= 0.3 is 0 Å². The van der Waals surface area contributed by atoms with Crippen molar-refractivity contribution in [1.82, 2.24) is 15.3 Å². The molecule has 1 atom stereocenters. The minimum atomic E-state index is 0.604. The highest BCUT2D eigenvalue weighted by Crippen LogP contribution is 2.10. The third-order valence-corrected chi connectivity index (χ3v) is 2.53. The third-order valence-electron chi connectivity index (χ3n) is 2.53. The molecule has 0 spiro atoms. The van der Waals surface area contributed by atoms with Gasteiger partial charge in [-0.1, -0.05) is 13.8 Å². The fourth-order valence-corrected chi connectivity index (χ4v) is 1.93. The van der Waals surface area contributed by atoms with Gasteiger partial charge in [-0.05, 0) is 12.8 Å². The van der Waals surface area contributed by atoms with Gasteiger partial charge in [-0.25, -0.2) is 10.0 Å². The molecule has 0 aromatic heterocycles. The van der Waals surface area contributed by atoms with E-state index < -0.39 is 0 Å². The lowest BCUT2D eigenvalue weighted by Gasteiger charge is -2.37. The van der Waals surface area contributed by atoms with E-state index in [4.69, 9.17) is 0 Å². The van der Waals surface area contributed by atoms with Crippen molar-refractivity contribution in [2.24, 2.45) is 0 Å². The second kappa shape index (κ2) is 4.94. The van der Waals surface area contributed by atoms with Crippen molar-refractivity contribution in [1.29, 1.82) is 0 Å². The summed E-state index contributed by atoms with van der Waals surface area (Å²) >= 11 is 0. The van der Waals surface area contributed by atoms with Crippen molar-refractivity contribution in [3.05, 3.63) is 0 Å². The molecule has 0 aliphatic carbocycles. The van der Waals surface area contributed by atoms with Gasteiger partial charge in [0.1, 0.15) is 0 Å². The van der Waals surface area contributed by atoms with Gasteiger partial charge < -0.3 is 5.32 Å². The molecule has 78 valence electrons. The summed E-state index contributed by atoms with van der Waals surface area (Å²) in [5.41, 5.74) is 0. The van der Waals surface area contributed by atoms with Crippen LogP contribution in [0.25, 0.3) is 0 Å². The smallest absolute Gasteiger partial charge is 0.0287 e. The molecule has 1 aliphatic heterocycles. The summed E-state index contributed by atoms with van der Waals surface area (Å²) in [6.45, 7) is 6.80. The minimum Gasteiger partial charge on any atom is -0.310 e. The van der Waals surface area contributed by atoms with Gasteiger partial charge in [0.15, 0.2) is 0 Å². The van der Waals surface area contributed by atoms with Crippen molar-refractivity contribution in [2.45, 2.75) is 38.8 Å². The molecular formula is C10H23N3. The number of hydrogen-bond acceptors (Lipinski definition) is 3. The first kappa shape index (κ1) is 11.0. The summed E-state index contributed by atoms with van der Waals surface area (Å²) in [6.07, 6.45) is 2.63. The zero-order valence-electron chi connectivity index (χ0n) is 9.38. The predicted octanol–water partition coefficient (Wildman–Crippen LogP) is 0.925.